The lowest BCUT2D eigenvalue weighted by molar-refractivity contribution is -0.138. The first kappa shape index (κ1) is 36.4. The van der Waals surface area contributed by atoms with E-state index in [1.54, 1.807) is 60.7 Å². The van der Waals surface area contributed by atoms with Gasteiger partial charge in [0.15, 0.2) is 5.78 Å². The molecule has 0 bridgehead atoms. The van der Waals surface area contributed by atoms with Crippen molar-refractivity contribution in [3.63, 3.8) is 0 Å². The molecule has 0 saturated carbocycles. The van der Waals surface area contributed by atoms with Crippen LogP contribution in [-0.4, -0.2) is 39.8 Å². The number of ketones is 1. The van der Waals surface area contributed by atoms with Gasteiger partial charge in [-0.2, -0.15) is 0 Å². The van der Waals surface area contributed by atoms with E-state index in [9.17, 15) is 24.0 Å². The van der Waals surface area contributed by atoms with Crippen molar-refractivity contribution < 1.29 is 23.9 Å². The number of fused-ring (bicyclic) bond motifs is 2. The van der Waals surface area contributed by atoms with Gasteiger partial charge in [-0.3, -0.25) is 19.4 Å². The van der Waals surface area contributed by atoms with Crippen molar-refractivity contribution in [1.82, 2.24) is 10.3 Å². The third-order valence-corrected chi connectivity index (χ3v) is 8.30. The number of Topliss-reactive ketones (excluding diaryl/α,β-unsaturated/α-hetero) is 1. The number of carboxylic acids is 1. The van der Waals surface area contributed by atoms with Crippen LogP contribution in [0.1, 0.15) is 27.0 Å². The predicted octanol–water partition coefficient (Wildman–Crippen LogP) is 5.89. The number of halogens is 4. The smallest absolute Gasteiger partial charge is 0.419 e. The Morgan fingerprint density at radius 1 is 0.854 bits per heavy atom. The second-order valence-electron chi connectivity index (χ2n) is 10.5. The predicted molar refractivity (Wildman–Crippen MR) is 185 cm³/mol. The largest absolute Gasteiger partial charge is 0.480 e. The van der Waals surface area contributed by atoms with Gasteiger partial charge in [-0.15, -0.1) is 0 Å². The van der Waals surface area contributed by atoms with Crippen molar-refractivity contribution in [2.75, 3.05) is 0 Å². The van der Waals surface area contributed by atoms with Crippen LogP contribution in [-0.2, 0) is 28.9 Å². The second-order valence-corrected chi connectivity index (χ2v) is 12.2. The number of nitrogens with one attached hydrogen (secondary N) is 2. The maximum atomic E-state index is 12.4. The number of aliphatic carboxylic acids is 1. The molecule has 0 aliphatic carbocycles. The zero-order valence-electron chi connectivity index (χ0n) is 24.8. The summed E-state index contributed by atoms with van der Waals surface area (Å²) in [5, 5.41) is 13.7. The van der Waals surface area contributed by atoms with Crippen LogP contribution in [0.25, 0.3) is 10.9 Å². The first-order valence-corrected chi connectivity index (χ1v) is 15.7. The highest BCUT2D eigenvalue weighted by Crippen LogP contribution is 2.23. The van der Waals surface area contributed by atoms with Crippen LogP contribution in [0, 0.1) is 0 Å². The Morgan fingerprint density at radius 2 is 1.46 bits per heavy atom. The number of aromatic amines is 1. The van der Waals surface area contributed by atoms with E-state index in [0.717, 1.165) is 11.1 Å². The molecule has 1 amide bonds. The molecule has 0 radical (unpaired) electrons. The molecule has 48 heavy (non-hydrogen) atoms. The molecule has 14 heteroatoms. The van der Waals surface area contributed by atoms with Gasteiger partial charge in [0.1, 0.15) is 6.04 Å². The fourth-order valence-electron chi connectivity index (χ4n) is 4.65. The summed E-state index contributed by atoms with van der Waals surface area (Å²) in [6, 6.07) is 22.5. The summed E-state index contributed by atoms with van der Waals surface area (Å²) in [7, 11) is 0. The molecule has 248 valence electrons. The van der Waals surface area contributed by atoms with Gasteiger partial charge in [-0.1, -0.05) is 88.9 Å². The van der Waals surface area contributed by atoms with Gasteiger partial charge < -0.3 is 20.6 Å². The summed E-state index contributed by atoms with van der Waals surface area (Å²) in [4.78, 5) is 59.4. The maximum Gasteiger partial charge on any atom is 0.419 e. The normalized spacial score (nSPS) is 14.3. The molecule has 1 aliphatic heterocycles. The molecule has 0 spiro atoms. The molecular weight excluding hydrogens is 704 g/mol. The zero-order chi connectivity index (χ0) is 35.0. The SMILES string of the molecule is NC(Cc1ccccc1Cl)C(=O)O.O=C1NC(Cc2ccccc2Cl)C(=O)Cc2ccc(Cl)cc21.O=c1[nH]c2ccc(Cl)cc2c(=O)o1. The monoisotopic (exact) mass is 729 g/mol. The molecule has 2 atom stereocenters. The molecule has 2 unspecified atom stereocenters. The summed E-state index contributed by atoms with van der Waals surface area (Å²) in [6.07, 6.45) is 0.849. The summed E-state index contributed by atoms with van der Waals surface area (Å²) in [5.74, 6) is -2.09. The van der Waals surface area contributed by atoms with Crippen molar-refractivity contribution in [2.45, 2.75) is 31.3 Å². The quantitative estimate of drug-likeness (QED) is 0.173. The Kier molecular flexibility index (Phi) is 12.6. The number of hydrogen-bond donors (Lipinski definition) is 4. The van der Waals surface area contributed by atoms with Crippen LogP contribution in [0.4, 0.5) is 0 Å². The first-order valence-electron chi connectivity index (χ1n) is 14.2. The van der Waals surface area contributed by atoms with Gasteiger partial charge in [0, 0.05) is 38.5 Å². The fourth-order valence-corrected chi connectivity index (χ4v) is 5.42. The third-order valence-electron chi connectivity index (χ3n) is 7.10. The molecule has 10 nitrogen and oxygen atoms in total. The van der Waals surface area contributed by atoms with Gasteiger partial charge in [-0.25, -0.2) is 9.59 Å². The van der Waals surface area contributed by atoms with Crippen molar-refractivity contribution >= 4 is 75.0 Å². The number of carbonyl (C=O) groups excluding carboxylic acids is 2. The number of carboxylic acid groups (broad SMARTS) is 1. The van der Waals surface area contributed by atoms with Crippen LogP contribution in [0.15, 0.2) is 98.9 Å². The summed E-state index contributed by atoms with van der Waals surface area (Å²) in [5.41, 5.74) is 7.87. The lowest BCUT2D eigenvalue weighted by Crippen LogP contribution is -2.40. The van der Waals surface area contributed by atoms with Gasteiger partial charge in [-0.05, 0) is 65.6 Å². The highest BCUT2D eigenvalue weighted by atomic mass is 35.5. The Labute approximate surface area is 293 Å². The molecule has 6 rings (SSSR count). The Morgan fingerprint density at radius 3 is 2.10 bits per heavy atom. The Hall–Kier alpha value is -4.45. The number of nitrogens with two attached hydrogens (primary N) is 1. The Balaban J connectivity index is 0.000000173. The standard InChI is InChI=1S/C17H13Cl2NO2.C9H10ClNO2.C8H4ClNO3/c18-12-6-5-10-8-16(21)15(20-17(22)13(10)9-12)7-11-3-1-2-4-14(11)19;10-7-4-2-1-3-6(7)5-8(11)9(12)13;9-4-1-2-6-5(3-4)7(11)13-8(12)10-6/h1-6,9,15H,7-8H2,(H,20,22);1-4,8H,5,11H2,(H,12,13);1-3H,(H,10,12). The minimum absolute atomic E-state index is 0.0330. The highest BCUT2D eigenvalue weighted by molar-refractivity contribution is 6.32. The second kappa shape index (κ2) is 16.6. The number of rotatable bonds is 5. The molecule has 4 aromatic carbocycles. The van der Waals surface area contributed by atoms with Crippen LogP contribution in [0.5, 0.6) is 0 Å². The van der Waals surface area contributed by atoms with Crippen LogP contribution in [0.3, 0.4) is 0 Å². The fraction of sp³-hybridized carbons (Fsp3) is 0.147. The number of amides is 1. The minimum Gasteiger partial charge on any atom is -0.480 e. The summed E-state index contributed by atoms with van der Waals surface area (Å²) >= 11 is 23.6. The van der Waals surface area contributed by atoms with E-state index in [2.05, 4.69) is 14.7 Å². The maximum absolute atomic E-state index is 12.4. The van der Waals surface area contributed by atoms with E-state index in [1.807, 2.05) is 18.2 Å². The van der Waals surface area contributed by atoms with Crippen LogP contribution < -0.4 is 22.4 Å². The van der Waals surface area contributed by atoms with E-state index >= 15 is 0 Å². The zero-order valence-corrected chi connectivity index (χ0v) is 27.9. The molecule has 5 N–H and O–H groups in total. The molecule has 1 aromatic heterocycles. The van der Waals surface area contributed by atoms with E-state index in [0.29, 0.717) is 43.2 Å². The van der Waals surface area contributed by atoms with E-state index in [4.69, 9.17) is 57.2 Å². The van der Waals surface area contributed by atoms with Crippen molar-refractivity contribution in [1.29, 1.82) is 0 Å². The topological polar surface area (TPSA) is 173 Å². The molecular formula is C34H27Cl4N3O7. The number of hydrogen-bond acceptors (Lipinski definition) is 7. The van der Waals surface area contributed by atoms with Crippen LogP contribution in [0.2, 0.25) is 20.1 Å². The number of aromatic nitrogens is 1. The molecule has 0 fully saturated rings. The van der Waals surface area contributed by atoms with Gasteiger partial charge >= 0.3 is 17.4 Å². The lowest BCUT2D eigenvalue weighted by Gasteiger charge is -2.15. The first-order chi connectivity index (χ1) is 22.8. The summed E-state index contributed by atoms with van der Waals surface area (Å²) < 4.78 is 4.32. The molecule has 1 aliphatic rings. The van der Waals surface area contributed by atoms with Crippen molar-refractivity contribution in [3.05, 3.63) is 148 Å². The molecule has 2 heterocycles. The number of benzene rings is 4. The average Bonchev–Trinajstić information content (AvgIpc) is 3.15. The van der Waals surface area contributed by atoms with E-state index < -0.39 is 29.4 Å². The number of carbonyl (C=O) groups is 3. The van der Waals surface area contributed by atoms with Crippen molar-refractivity contribution in [3.8, 4) is 0 Å². The van der Waals surface area contributed by atoms with Gasteiger partial charge in [0.2, 0.25) is 0 Å². The summed E-state index contributed by atoms with van der Waals surface area (Å²) in [6.45, 7) is 0. The van der Waals surface area contributed by atoms with Crippen molar-refractivity contribution in [2.24, 2.45) is 5.73 Å². The Bertz CT molecular complexity index is 2100. The average molecular weight is 731 g/mol. The van der Waals surface area contributed by atoms with Crippen LogP contribution >= 0.6 is 46.4 Å². The minimum atomic E-state index is -1.01. The van der Waals surface area contributed by atoms with Gasteiger partial charge in [0.05, 0.1) is 16.9 Å². The molecule has 0 saturated heterocycles. The lowest BCUT2D eigenvalue weighted by atomic mass is 9.98. The van der Waals surface area contributed by atoms with E-state index in [-0.39, 0.29) is 29.9 Å². The number of H-pyrrole nitrogens is 1. The van der Waals surface area contributed by atoms with E-state index in [1.165, 1.54) is 6.07 Å². The van der Waals surface area contributed by atoms with Gasteiger partial charge in [0.25, 0.3) is 5.91 Å². The molecule has 5 aromatic rings. The third kappa shape index (κ3) is 9.79. The highest BCUT2D eigenvalue weighted by Gasteiger charge is 2.28.